The second kappa shape index (κ2) is 55.4. The molecule has 0 aliphatic rings. The predicted octanol–water partition coefficient (Wildman–Crippen LogP) is 18.0. The molecule has 6 heteroatoms. The van der Waals surface area contributed by atoms with E-state index in [0.29, 0.717) is 19.3 Å². The highest BCUT2D eigenvalue weighted by Crippen LogP contribution is 2.09. The van der Waals surface area contributed by atoms with E-state index in [1.807, 2.05) is 0 Å². The van der Waals surface area contributed by atoms with Crippen LogP contribution in [0.3, 0.4) is 0 Å². The molecule has 0 heterocycles. The van der Waals surface area contributed by atoms with Gasteiger partial charge in [0.25, 0.3) is 0 Å². The maximum absolute atomic E-state index is 12.8. The van der Waals surface area contributed by atoms with Gasteiger partial charge in [-0.05, 0) is 135 Å². The lowest BCUT2D eigenvalue weighted by molar-refractivity contribution is -0.166. The van der Waals surface area contributed by atoms with Crippen molar-refractivity contribution in [2.45, 2.75) is 194 Å². The molecule has 0 amide bonds. The summed E-state index contributed by atoms with van der Waals surface area (Å²) in [7, 11) is 0. The minimum Gasteiger partial charge on any atom is -0.462 e. The van der Waals surface area contributed by atoms with Crippen LogP contribution in [0.4, 0.5) is 0 Å². The summed E-state index contributed by atoms with van der Waals surface area (Å²) in [5.41, 5.74) is 0. The normalized spacial score (nSPS) is 13.5. The van der Waals surface area contributed by atoms with Gasteiger partial charge in [0.1, 0.15) is 13.2 Å². The Morgan fingerprint density at radius 1 is 0.304 bits per heavy atom. The molecule has 0 fully saturated rings. The number of carbonyl (C=O) groups is 3. The van der Waals surface area contributed by atoms with Gasteiger partial charge in [-0.3, -0.25) is 14.4 Å². The lowest BCUT2D eigenvalue weighted by Crippen LogP contribution is -2.30. The average Bonchev–Trinajstić information content (AvgIpc) is 3.35. The lowest BCUT2D eigenvalue weighted by Gasteiger charge is -2.18. The zero-order valence-corrected chi connectivity index (χ0v) is 43.5. The largest absolute Gasteiger partial charge is 0.462 e. The van der Waals surface area contributed by atoms with Crippen molar-refractivity contribution in [3.05, 3.63) is 170 Å². The SMILES string of the molecule is CC/C=C\C/C=C\C/C=C\C/C=C\C/C=C\CCCC(=O)OC[C@@H](COC(=O)CCC/C=C\C/C=C\C/C=C\C/C=C\CCCCC)OC(=O)CCC/C=C\C/C=C\C/C=C\C/C=C\C/C=C\CC. The third-order valence-corrected chi connectivity index (χ3v) is 10.2. The quantitative estimate of drug-likeness (QED) is 0.0262. The number of unbranched alkanes of at least 4 members (excludes halogenated alkanes) is 6. The first-order valence-corrected chi connectivity index (χ1v) is 26.6. The first-order valence-electron chi connectivity index (χ1n) is 26.6. The molecule has 0 saturated carbocycles. The predicted molar refractivity (Wildman–Crippen MR) is 297 cm³/mol. The number of esters is 3. The minimum absolute atomic E-state index is 0.156. The van der Waals surface area contributed by atoms with Gasteiger partial charge in [-0.25, -0.2) is 0 Å². The zero-order valence-electron chi connectivity index (χ0n) is 43.5. The van der Waals surface area contributed by atoms with Gasteiger partial charge in [0.2, 0.25) is 0 Å². The smallest absolute Gasteiger partial charge is 0.306 e. The Kier molecular flexibility index (Phi) is 51.2. The van der Waals surface area contributed by atoms with Gasteiger partial charge in [-0.15, -0.1) is 0 Å². The number of carbonyl (C=O) groups excluding carboxylic acids is 3. The van der Waals surface area contributed by atoms with Crippen molar-refractivity contribution in [3.8, 4) is 0 Å². The molecule has 0 unspecified atom stereocenters. The van der Waals surface area contributed by atoms with Crippen LogP contribution in [0, 0.1) is 0 Å². The summed E-state index contributed by atoms with van der Waals surface area (Å²) in [6.07, 6.45) is 82.1. The molecule has 382 valence electrons. The minimum atomic E-state index is -0.862. The van der Waals surface area contributed by atoms with E-state index in [1.54, 1.807) is 0 Å². The van der Waals surface area contributed by atoms with Crippen LogP contribution in [0.15, 0.2) is 170 Å². The Hall–Kier alpha value is -5.23. The average molecular weight is 947 g/mol. The molecule has 0 spiro atoms. The van der Waals surface area contributed by atoms with E-state index < -0.39 is 12.1 Å². The Labute approximate surface area is 422 Å². The fourth-order valence-electron chi connectivity index (χ4n) is 6.27. The van der Waals surface area contributed by atoms with Gasteiger partial charge in [0.05, 0.1) is 0 Å². The molecule has 0 rings (SSSR count). The molecule has 0 aromatic carbocycles. The monoisotopic (exact) mass is 947 g/mol. The van der Waals surface area contributed by atoms with E-state index in [1.165, 1.54) is 25.7 Å². The summed E-state index contributed by atoms with van der Waals surface area (Å²) in [6, 6.07) is 0. The number of ether oxygens (including phenoxy) is 3. The van der Waals surface area contributed by atoms with Crippen molar-refractivity contribution >= 4 is 17.9 Å². The van der Waals surface area contributed by atoms with Crippen molar-refractivity contribution < 1.29 is 28.6 Å². The Morgan fingerprint density at radius 2 is 0.551 bits per heavy atom. The third-order valence-electron chi connectivity index (χ3n) is 10.2. The number of rotatable bonds is 45. The Morgan fingerprint density at radius 3 is 0.826 bits per heavy atom. The van der Waals surface area contributed by atoms with Crippen molar-refractivity contribution in [1.82, 2.24) is 0 Å². The number of allylic oxidation sites excluding steroid dienone is 28. The Bertz CT molecular complexity index is 1650. The third kappa shape index (κ3) is 53.6. The topological polar surface area (TPSA) is 78.9 Å². The van der Waals surface area contributed by atoms with Gasteiger partial charge in [0.15, 0.2) is 6.10 Å². The van der Waals surface area contributed by atoms with E-state index in [9.17, 15) is 14.4 Å². The lowest BCUT2D eigenvalue weighted by atomic mass is 10.2. The first kappa shape index (κ1) is 63.8. The van der Waals surface area contributed by atoms with Gasteiger partial charge < -0.3 is 14.2 Å². The summed E-state index contributed by atoms with van der Waals surface area (Å²) < 4.78 is 16.7. The second-order valence-electron chi connectivity index (χ2n) is 16.7. The van der Waals surface area contributed by atoms with Crippen molar-refractivity contribution in [2.75, 3.05) is 13.2 Å². The molecule has 0 bridgehead atoms. The van der Waals surface area contributed by atoms with Crippen molar-refractivity contribution in [1.29, 1.82) is 0 Å². The molecule has 0 N–H and O–H groups in total. The van der Waals surface area contributed by atoms with Crippen LogP contribution in [0.25, 0.3) is 0 Å². The number of hydrogen-bond acceptors (Lipinski definition) is 6. The molecule has 6 nitrogen and oxygen atoms in total. The second-order valence-corrected chi connectivity index (χ2v) is 16.7. The van der Waals surface area contributed by atoms with Crippen LogP contribution in [0.1, 0.15) is 188 Å². The fraction of sp³-hybridized carbons (Fsp3) is 0.508. The summed E-state index contributed by atoms with van der Waals surface area (Å²) in [4.78, 5) is 38.0. The maximum atomic E-state index is 12.8. The van der Waals surface area contributed by atoms with Crippen LogP contribution in [-0.2, 0) is 28.6 Å². The van der Waals surface area contributed by atoms with Crippen molar-refractivity contribution in [3.63, 3.8) is 0 Å². The molecule has 0 saturated heterocycles. The summed E-state index contributed by atoms with van der Waals surface area (Å²) in [6.45, 7) is 6.20. The van der Waals surface area contributed by atoms with Crippen LogP contribution in [-0.4, -0.2) is 37.2 Å². The molecule has 69 heavy (non-hydrogen) atoms. The molecule has 0 aliphatic heterocycles. The molecule has 1 atom stereocenters. The highest BCUT2D eigenvalue weighted by Gasteiger charge is 2.19. The fourth-order valence-corrected chi connectivity index (χ4v) is 6.27. The Balaban J connectivity index is 4.70. The van der Waals surface area contributed by atoms with Crippen LogP contribution in [0.5, 0.6) is 0 Å². The van der Waals surface area contributed by atoms with Crippen LogP contribution < -0.4 is 0 Å². The molecule has 0 aromatic rings. The zero-order chi connectivity index (χ0) is 50.0. The maximum Gasteiger partial charge on any atom is 0.306 e. The van der Waals surface area contributed by atoms with E-state index in [2.05, 4.69) is 191 Å². The van der Waals surface area contributed by atoms with Gasteiger partial charge in [-0.2, -0.15) is 0 Å². The first-order chi connectivity index (χ1) is 34.0. The molecular weight excluding hydrogens is 853 g/mol. The van der Waals surface area contributed by atoms with Gasteiger partial charge in [0, 0.05) is 19.3 Å². The van der Waals surface area contributed by atoms with E-state index in [4.69, 9.17) is 14.2 Å². The summed E-state index contributed by atoms with van der Waals surface area (Å²) >= 11 is 0. The van der Waals surface area contributed by atoms with Crippen LogP contribution >= 0.6 is 0 Å². The van der Waals surface area contributed by atoms with E-state index in [0.717, 1.165) is 103 Å². The molecular formula is C63H94O6. The summed E-state index contributed by atoms with van der Waals surface area (Å²) in [5, 5.41) is 0. The van der Waals surface area contributed by atoms with E-state index in [-0.39, 0.29) is 44.4 Å². The number of hydrogen-bond donors (Lipinski definition) is 0. The standard InChI is InChI=1S/C63H94O6/c1-4-7-10-13-16-19-22-25-28-31-34-37-40-43-46-49-52-55-61(64)67-58-60(69-63(66)57-54-51-48-45-42-39-36-33-30-27-24-21-18-15-12-9-6-3)59-68-62(65)56-53-50-47-44-41-38-35-32-29-26-23-20-17-14-11-8-5-2/h7,9-10,12,16-21,25-30,34-39,43-48,60H,4-6,8,11,13-15,22-24,31-33,40-42,49-59H2,1-3H3/b10-7-,12-9-,19-16-,20-17-,21-18-,28-25-,29-26-,30-27-,37-34-,38-35-,39-36-,46-43-,47-44-,48-45-/t60-/m0/s1. The highest BCUT2D eigenvalue weighted by molar-refractivity contribution is 5.71. The van der Waals surface area contributed by atoms with Crippen molar-refractivity contribution in [2.24, 2.45) is 0 Å². The van der Waals surface area contributed by atoms with Crippen LogP contribution in [0.2, 0.25) is 0 Å². The molecule has 0 radical (unpaired) electrons. The van der Waals surface area contributed by atoms with Gasteiger partial charge >= 0.3 is 17.9 Å². The summed E-state index contributed by atoms with van der Waals surface area (Å²) in [5.74, 6) is -1.14. The molecule has 0 aliphatic carbocycles. The highest BCUT2D eigenvalue weighted by atomic mass is 16.6. The van der Waals surface area contributed by atoms with Gasteiger partial charge in [-0.1, -0.05) is 204 Å². The molecule has 0 aromatic heterocycles. The van der Waals surface area contributed by atoms with E-state index >= 15 is 0 Å².